The van der Waals surface area contributed by atoms with Crippen molar-refractivity contribution in [3.8, 4) is 5.75 Å². The Kier molecular flexibility index (Phi) is 3.67. The van der Waals surface area contributed by atoms with E-state index in [1.54, 1.807) is 12.1 Å². The van der Waals surface area contributed by atoms with E-state index in [0.717, 1.165) is 11.3 Å². The summed E-state index contributed by atoms with van der Waals surface area (Å²) in [6.45, 7) is 1.86. The Morgan fingerprint density at radius 3 is 2.67 bits per heavy atom. The quantitative estimate of drug-likeness (QED) is 0.906. The summed E-state index contributed by atoms with van der Waals surface area (Å²) >= 11 is 0. The number of furan rings is 1. The van der Waals surface area contributed by atoms with Gasteiger partial charge in [0.2, 0.25) is 0 Å². The van der Waals surface area contributed by atoms with Gasteiger partial charge in [-0.3, -0.25) is 0 Å². The van der Waals surface area contributed by atoms with Gasteiger partial charge in [0.15, 0.2) is 11.6 Å². The standard InChI is InChI=1S/C14H16FNO2/c1-9-3-5-14(18-9)12(16)8-10-4-6-13(17-2)11(15)7-10/h3-7,12H,8,16H2,1-2H3. The van der Waals surface area contributed by atoms with Gasteiger partial charge in [-0.25, -0.2) is 4.39 Å². The fourth-order valence-corrected chi connectivity index (χ4v) is 1.84. The molecule has 1 heterocycles. The van der Waals surface area contributed by atoms with Crippen LogP contribution in [0, 0.1) is 12.7 Å². The maximum absolute atomic E-state index is 13.5. The molecule has 1 aromatic heterocycles. The second-order valence-corrected chi connectivity index (χ2v) is 4.23. The molecule has 2 aromatic rings. The maximum atomic E-state index is 13.5. The first-order chi connectivity index (χ1) is 8.60. The third-order valence-electron chi connectivity index (χ3n) is 2.80. The Labute approximate surface area is 105 Å². The average Bonchev–Trinajstić information content (AvgIpc) is 2.76. The highest BCUT2D eigenvalue weighted by molar-refractivity contribution is 5.30. The van der Waals surface area contributed by atoms with E-state index in [1.165, 1.54) is 13.2 Å². The molecule has 0 bridgehead atoms. The Bertz CT molecular complexity index is 536. The molecule has 0 saturated heterocycles. The molecule has 0 amide bonds. The van der Waals surface area contributed by atoms with Crippen LogP contribution >= 0.6 is 0 Å². The smallest absolute Gasteiger partial charge is 0.165 e. The van der Waals surface area contributed by atoms with E-state index in [0.29, 0.717) is 12.2 Å². The number of methoxy groups -OCH3 is 1. The molecule has 0 aliphatic rings. The SMILES string of the molecule is COc1ccc(CC(N)c2ccc(C)o2)cc1F. The largest absolute Gasteiger partial charge is 0.494 e. The summed E-state index contributed by atoms with van der Waals surface area (Å²) in [4.78, 5) is 0. The summed E-state index contributed by atoms with van der Waals surface area (Å²) in [7, 11) is 1.44. The van der Waals surface area contributed by atoms with Crippen LogP contribution in [0.25, 0.3) is 0 Å². The van der Waals surface area contributed by atoms with Crippen molar-refractivity contribution in [1.82, 2.24) is 0 Å². The predicted molar refractivity (Wildman–Crippen MR) is 67.0 cm³/mol. The zero-order chi connectivity index (χ0) is 13.1. The molecular weight excluding hydrogens is 233 g/mol. The van der Waals surface area contributed by atoms with Crippen LogP contribution in [0.4, 0.5) is 4.39 Å². The van der Waals surface area contributed by atoms with Gasteiger partial charge in [-0.1, -0.05) is 6.07 Å². The number of ether oxygens (including phenoxy) is 1. The Morgan fingerprint density at radius 1 is 1.33 bits per heavy atom. The second-order valence-electron chi connectivity index (χ2n) is 4.23. The van der Waals surface area contributed by atoms with E-state index >= 15 is 0 Å². The van der Waals surface area contributed by atoms with Crippen LogP contribution in [-0.4, -0.2) is 7.11 Å². The monoisotopic (exact) mass is 249 g/mol. The van der Waals surface area contributed by atoms with E-state index in [-0.39, 0.29) is 17.6 Å². The van der Waals surface area contributed by atoms with E-state index < -0.39 is 0 Å². The Morgan fingerprint density at radius 2 is 2.11 bits per heavy atom. The van der Waals surface area contributed by atoms with Crippen LogP contribution in [-0.2, 0) is 6.42 Å². The number of hydrogen-bond donors (Lipinski definition) is 1. The Balaban J connectivity index is 2.12. The highest BCUT2D eigenvalue weighted by atomic mass is 19.1. The summed E-state index contributed by atoms with van der Waals surface area (Å²) in [6.07, 6.45) is 0.522. The molecule has 18 heavy (non-hydrogen) atoms. The topological polar surface area (TPSA) is 48.4 Å². The van der Waals surface area contributed by atoms with Gasteiger partial charge in [-0.2, -0.15) is 0 Å². The van der Waals surface area contributed by atoms with Crippen molar-refractivity contribution < 1.29 is 13.5 Å². The van der Waals surface area contributed by atoms with E-state index in [9.17, 15) is 4.39 Å². The molecule has 0 aliphatic heterocycles. The van der Waals surface area contributed by atoms with Gasteiger partial charge in [-0.15, -0.1) is 0 Å². The van der Waals surface area contributed by atoms with Crippen LogP contribution < -0.4 is 10.5 Å². The van der Waals surface area contributed by atoms with Crippen LogP contribution in [0.15, 0.2) is 34.7 Å². The average molecular weight is 249 g/mol. The molecule has 2 rings (SSSR count). The summed E-state index contributed by atoms with van der Waals surface area (Å²) in [5.74, 6) is 1.39. The first-order valence-corrected chi connectivity index (χ1v) is 5.74. The lowest BCUT2D eigenvalue weighted by Crippen LogP contribution is -2.12. The Hall–Kier alpha value is -1.81. The van der Waals surface area contributed by atoms with Crippen molar-refractivity contribution >= 4 is 0 Å². The minimum atomic E-state index is -0.377. The van der Waals surface area contributed by atoms with Crippen molar-refractivity contribution in [2.75, 3.05) is 7.11 Å². The van der Waals surface area contributed by atoms with Crippen molar-refractivity contribution in [3.05, 3.63) is 53.2 Å². The number of aryl methyl sites for hydroxylation is 1. The third-order valence-corrected chi connectivity index (χ3v) is 2.80. The maximum Gasteiger partial charge on any atom is 0.165 e. The van der Waals surface area contributed by atoms with Crippen molar-refractivity contribution in [3.63, 3.8) is 0 Å². The minimum absolute atomic E-state index is 0.237. The molecule has 0 aliphatic carbocycles. The normalized spacial score (nSPS) is 12.4. The van der Waals surface area contributed by atoms with Crippen molar-refractivity contribution in [2.24, 2.45) is 5.73 Å². The van der Waals surface area contributed by atoms with Gasteiger partial charge in [0.25, 0.3) is 0 Å². The first kappa shape index (κ1) is 12.6. The molecular formula is C14H16FNO2. The summed E-state index contributed by atoms with van der Waals surface area (Å²) in [6, 6.07) is 8.28. The lowest BCUT2D eigenvalue weighted by molar-refractivity contribution is 0.386. The molecule has 0 fully saturated rings. The van der Waals surface area contributed by atoms with Gasteiger partial charge in [0.05, 0.1) is 13.2 Å². The number of nitrogens with two attached hydrogens (primary N) is 1. The van der Waals surface area contributed by atoms with Gasteiger partial charge >= 0.3 is 0 Å². The van der Waals surface area contributed by atoms with Gasteiger partial charge in [0, 0.05) is 0 Å². The van der Waals surface area contributed by atoms with Gasteiger partial charge in [0.1, 0.15) is 11.5 Å². The van der Waals surface area contributed by atoms with Crippen LogP contribution in [0.2, 0.25) is 0 Å². The molecule has 3 nitrogen and oxygen atoms in total. The van der Waals surface area contributed by atoms with E-state index in [4.69, 9.17) is 14.9 Å². The zero-order valence-electron chi connectivity index (χ0n) is 10.4. The molecule has 0 saturated carbocycles. The number of rotatable bonds is 4. The molecule has 1 atom stereocenters. The molecule has 1 aromatic carbocycles. The highest BCUT2D eigenvalue weighted by Crippen LogP contribution is 2.22. The first-order valence-electron chi connectivity index (χ1n) is 5.74. The number of halogens is 1. The molecule has 96 valence electrons. The predicted octanol–water partition coefficient (Wildman–Crippen LogP) is 2.98. The fraction of sp³-hybridized carbons (Fsp3) is 0.286. The lowest BCUT2D eigenvalue weighted by Gasteiger charge is -2.10. The van der Waals surface area contributed by atoms with Gasteiger partial charge < -0.3 is 14.9 Å². The highest BCUT2D eigenvalue weighted by Gasteiger charge is 2.12. The zero-order valence-corrected chi connectivity index (χ0v) is 10.4. The van der Waals surface area contributed by atoms with Crippen LogP contribution in [0.3, 0.4) is 0 Å². The van der Waals surface area contributed by atoms with Crippen molar-refractivity contribution in [1.29, 1.82) is 0 Å². The van der Waals surface area contributed by atoms with Crippen molar-refractivity contribution in [2.45, 2.75) is 19.4 Å². The fourth-order valence-electron chi connectivity index (χ4n) is 1.84. The molecule has 2 N–H and O–H groups in total. The lowest BCUT2D eigenvalue weighted by atomic mass is 10.0. The molecule has 0 spiro atoms. The van der Waals surface area contributed by atoms with Gasteiger partial charge in [-0.05, 0) is 43.2 Å². The van der Waals surface area contributed by atoms with Crippen LogP contribution in [0.1, 0.15) is 23.1 Å². The van der Waals surface area contributed by atoms with E-state index in [1.807, 2.05) is 19.1 Å². The molecule has 0 radical (unpaired) electrons. The molecule has 1 unspecified atom stereocenters. The summed E-state index contributed by atoms with van der Waals surface area (Å²) in [5, 5.41) is 0. The summed E-state index contributed by atoms with van der Waals surface area (Å²) in [5.41, 5.74) is 6.83. The van der Waals surface area contributed by atoms with Crippen LogP contribution in [0.5, 0.6) is 5.75 Å². The number of benzene rings is 1. The minimum Gasteiger partial charge on any atom is -0.494 e. The molecule has 4 heteroatoms. The third kappa shape index (κ3) is 2.71. The second kappa shape index (κ2) is 5.23. The number of hydrogen-bond acceptors (Lipinski definition) is 3. The van der Waals surface area contributed by atoms with E-state index in [2.05, 4.69) is 0 Å². The summed E-state index contributed by atoms with van der Waals surface area (Å²) < 4.78 is 23.8.